The van der Waals surface area contributed by atoms with Crippen LogP contribution in [0.2, 0.25) is 5.02 Å². The zero-order chi connectivity index (χ0) is 16.2. The second kappa shape index (κ2) is 7.23. The summed E-state index contributed by atoms with van der Waals surface area (Å²) in [4.78, 5) is -0.390. The summed E-state index contributed by atoms with van der Waals surface area (Å²) in [7, 11) is -2.33. The van der Waals surface area contributed by atoms with Crippen molar-refractivity contribution in [3.05, 3.63) is 29.0 Å². The largest absolute Gasteiger partial charge is 0.384 e. The van der Waals surface area contributed by atoms with Crippen molar-refractivity contribution in [2.45, 2.75) is 17.7 Å². The van der Waals surface area contributed by atoms with Crippen molar-refractivity contribution in [2.24, 2.45) is 5.41 Å². The highest BCUT2D eigenvalue weighted by atomic mass is 35.5. The SMILES string of the molecule is COCC1(CNS(=O)(=O)c2ccc(Cl)cc2F)CCNCC1. The van der Waals surface area contributed by atoms with Gasteiger partial charge in [0, 0.05) is 24.1 Å². The van der Waals surface area contributed by atoms with Gasteiger partial charge in [-0.3, -0.25) is 0 Å². The number of sulfonamides is 1. The summed E-state index contributed by atoms with van der Waals surface area (Å²) in [6.45, 7) is 2.29. The fraction of sp³-hybridized carbons (Fsp3) is 0.571. The van der Waals surface area contributed by atoms with E-state index in [1.807, 2.05) is 0 Å². The molecule has 5 nitrogen and oxygen atoms in total. The van der Waals surface area contributed by atoms with Gasteiger partial charge in [0.05, 0.1) is 6.61 Å². The molecule has 0 unspecified atom stereocenters. The van der Waals surface area contributed by atoms with Crippen LogP contribution < -0.4 is 10.0 Å². The van der Waals surface area contributed by atoms with Crippen molar-refractivity contribution in [3.63, 3.8) is 0 Å². The zero-order valence-electron chi connectivity index (χ0n) is 12.4. The summed E-state index contributed by atoms with van der Waals surface area (Å²) >= 11 is 5.65. The Kier molecular flexibility index (Phi) is 5.79. The summed E-state index contributed by atoms with van der Waals surface area (Å²) in [5.74, 6) is -0.855. The van der Waals surface area contributed by atoms with Crippen molar-refractivity contribution < 1.29 is 17.5 Å². The van der Waals surface area contributed by atoms with Crippen molar-refractivity contribution in [2.75, 3.05) is 33.4 Å². The van der Waals surface area contributed by atoms with Crippen molar-refractivity contribution in [1.29, 1.82) is 0 Å². The molecular formula is C14H20ClFN2O3S. The minimum absolute atomic E-state index is 0.158. The standard InChI is InChI=1S/C14H20ClFN2O3S/c1-21-10-14(4-6-17-7-5-14)9-18-22(19,20)13-3-2-11(15)8-12(13)16/h2-3,8,17-18H,4-7,9-10H2,1H3. The maximum absolute atomic E-state index is 13.8. The van der Waals surface area contributed by atoms with Gasteiger partial charge in [0.15, 0.2) is 0 Å². The van der Waals surface area contributed by atoms with Crippen molar-refractivity contribution >= 4 is 21.6 Å². The number of hydrogen-bond donors (Lipinski definition) is 2. The Morgan fingerprint density at radius 2 is 2.09 bits per heavy atom. The fourth-order valence-corrected chi connectivity index (χ4v) is 4.03. The second-order valence-electron chi connectivity index (χ2n) is 5.58. The first kappa shape index (κ1) is 17.6. The molecule has 2 N–H and O–H groups in total. The predicted molar refractivity (Wildman–Crippen MR) is 83.0 cm³/mol. The van der Waals surface area contributed by atoms with Crippen molar-refractivity contribution in [3.8, 4) is 0 Å². The van der Waals surface area contributed by atoms with Gasteiger partial charge in [-0.15, -0.1) is 0 Å². The molecule has 0 amide bonds. The molecule has 1 heterocycles. The minimum atomic E-state index is -3.92. The van der Waals surface area contributed by atoms with Crippen LogP contribution in [-0.4, -0.2) is 41.8 Å². The van der Waals surface area contributed by atoms with Crippen LogP contribution in [-0.2, 0) is 14.8 Å². The number of rotatable bonds is 6. The minimum Gasteiger partial charge on any atom is -0.384 e. The van der Waals surface area contributed by atoms with Crippen molar-refractivity contribution in [1.82, 2.24) is 10.0 Å². The Morgan fingerprint density at radius 3 is 2.68 bits per heavy atom. The molecule has 124 valence electrons. The molecule has 2 rings (SSSR count). The Labute approximate surface area is 135 Å². The van der Waals surface area contributed by atoms with Crippen LogP contribution in [0.3, 0.4) is 0 Å². The molecule has 1 aliphatic heterocycles. The average Bonchev–Trinajstić information content (AvgIpc) is 2.46. The lowest BCUT2D eigenvalue weighted by Crippen LogP contribution is -2.47. The third-order valence-corrected chi connectivity index (χ3v) is 5.60. The van der Waals surface area contributed by atoms with Gasteiger partial charge >= 0.3 is 0 Å². The highest BCUT2D eigenvalue weighted by Gasteiger charge is 2.34. The first-order valence-corrected chi connectivity index (χ1v) is 8.89. The Hall–Kier alpha value is -0.730. The molecular weight excluding hydrogens is 331 g/mol. The highest BCUT2D eigenvalue weighted by molar-refractivity contribution is 7.89. The van der Waals surface area contributed by atoms with E-state index >= 15 is 0 Å². The van der Waals surface area contributed by atoms with Crippen LogP contribution in [0.1, 0.15) is 12.8 Å². The van der Waals surface area contributed by atoms with E-state index in [0.717, 1.165) is 32.0 Å². The maximum Gasteiger partial charge on any atom is 0.243 e. The lowest BCUT2D eigenvalue weighted by molar-refractivity contribution is 0.0577. The molecule has 0 saturated carbocycles. The third kappa shape index (κ3) is 4.17. The normalized spacial score (nSPS) is 18.3. The fourth-order valence-electron chi connectivity index (χ4n) is 2.65. The van der Waals surface area contributed by atoms with Crippen LogP contribution >= 0.6 is 11.6 Å². The summed E-state index contributed by atoms with van der Waals surface area (Å²) < 4.78 is 46.2. The lowest BCUT2D eigenvalue weighted by Gasteiger charge is -2.37. The molecule has 22 heavy (non-hydrogen) atoms. The molecule has 1 saturated heterocycles. The lowest BCUT2D eigenvalue weighted by atomic mass is 9.80. The molecule has 8 heteroatoms. The smallest absolute Gasteiger partial charge is 0.243 e. The Balaban J connectivity index is 2.14. The molecule has 0 atom stereocenters. The predicted octanol–water partition coefficient (Wildman–Crippen LogP) is 1.77. The summed E-state index contributed by atoms with van der Waals surface area (Å²) in [5.41, 5.74) is -0.268. The van der Waals surface area contributed by atoms with E-state index in [-0.39, 0.29) is 17.0 Å². The molecule has 0 spiro atoms. The van der Waals surface area contributed by atoms with Crippen LogP contribution in [0.5, 0.6) is 0 Å². The quantitative estimate of drug-likeness (QED) is 0.820. The van der Waals surface area contributed by atoms with Gasteiger partial charge in [0.25, 0.3) is 0 Å². The highest BCUT2D eigenvalue weighted by Crippen LogP contribution is 2.29. The summed E-state index contributed by atoms with van der Waals surface area (Å²) in [5, 5.41) is 3.39. The summed E-state index contributed by atoms with van der Waals surface area (Å²) in [6.07, 6.45) is 1.60. The van der Waals surface area contributed by atoms with Gasteiger partial charge < -0.3 is 10.1 Å². The van der Waals surface area contributed by atoms with Gasteiger partial charge in [-0.25, -0.2) is 17.5 Å². The van der Waals surface area contributed by atoms with E-state index in [1.165, 1.54) is 12.1 Å². The third-order valence-electron chi connectivity index (χ3n) is 3.94. The molecule has 0 radical (unpaired) electrons. The van der Waals surface area contributed by atoms with E-state index < -0.39 is 20.7 Å². The van der Waals surface area contributed by atoms with Crippen LogP contribution in [0, 0.1) is 11.2 Å². The second-order valence-corrected chi connectivity index (χ2v) is 7.75. The van der Waals surface area contributed by atoms with E-state index in [4.69, 9.17) is 16.3 Å². The number of nitrogens with one attached hydrogen (secondary N) is 2. The van der Waals surface area contributed by atoms with Gasteiger partial charge in [-0.05, 0) is 44.1 Å². The van der Waals surface area contributed by atoms with Gasteiger partial charge in [0.2, 0.25) is 10.0 Å². The molecule has 1 fully saturated rings. The van der Waals surface area contributed by atoms with E-state index in [9.17, 15) is 12.8 Å². The van der Waals surface area contributed by atoms with Crippen LogP contribution in [0.25, 0.3) is 0 Å². The molecule has 1 aromatic rings. The molecule has 1 aliphatic rings. The van der Waals surface area contributed by atoms with Gasteiger partial charge in [-0.1, -0.05) is 11.6 Å². The van der Waals surface area contributed by atoms with E-state index in [1.54, 1.807) is 7.11 Å². The van der Waals surface area contributed by atoms with Gasteiger partial charge in [0.1, 0.15) is 10.7 Å². The first-order chi connectivity index (χ1) is 10.4. The maximum atomic E-state index is 13.8. The van der Waals surface area contributed by atoms with E-state index in [2.05, 4.69) is 10.0 Å². The topological polar surface area (TPSA) is 67.4 Å². The number of piperidine rings is 1. The number of hydrogen-bond acceptors (Lipinski definition) is 4. The first-order valence-electron chi connectivity index (χ1n) is 7.03. The average molecular weight is 351 g/mol. The summed E-state index contributed by atoms with van der Waals surface area (Å²) in [6, 6.07) is 3.52. The van der Waals surface area contributed by atoms with Crippen LogP contribution in [0.15, 0.2) is 23.1 Å². The molecule has 0 bridgehead atoms. The number of methoxy groups -OCH3 is 1. The number of ether oxygens (including phenoxy) is 1. The molecule has 1 aromatic carbocycles. The Bertz CT molecular complexity index is 613. The van der Waals surface area contributed by atoms with Gasteiger partial charge in [-0.2, -0.15) is 0 Å². The molecule has 0 aliphatic carbocycles. The monoisotopic (exact) mass is 350 g/mol. The van der Waals surface area contributed by atoms with Crippen LogP contribution in [0.4, 0.5) is 4.39 Å². The Morgan fingerprint density at radius 1 is 1.41 bits per heavy atom. The zero-order valence-corrected chi connectivity index (χ0v) is 13.9. The number of benzene rings is 1. The molecule has 0 aromatic heterocycles. The number of halogens is 2. The van der Waals surface area contributed by atoms with E-state index in [0.29, 0.717) is 6.61 Å².